The lowest BCUT2D eigenvalue weighted by Gasteiger charge is -2.36. The molecule has 1 aliphatic heterocycles. The number of pyridine rings is 1. The Morgan fingerprint density at radius 2 is 2.00 bits per heavy atom. The molecule has 1 saturated heterocycles. The van der Waals surface area contributed by atoms with E-state index in [4.69, 9.17) is 9.84 Å². The van der Waals surface area contributed by atoms with Gasteiger partial charge in [-0.1, -0.05) is 6.07 Å². The molecule has 1 fully saturated rings. The molecule has 1 aromatic rings. The smallest absolute Gasteiger partial charge is 0.128 e. The average molecular weight is 236 g/mol. The predicted octanol–water partition coefficient (Wildman–Crippen LogP) is 1.50. The van der Waals surface area contributed by atoms with Gasteiger partial charge in [0.25, 0.3) is 0 Å². The van der Waals surface area contributed by atoms with Crippen LogP contribution >= 0.6 is 0 Å². The van der Waals surface area contributed by atoms with Gasteiger partial charge in [0.1, 0.15) is 5.82 Å². The molecule has 4 nitrogen and oxygen atoms in total. The Kier molecular flexibility index (Phi) is 3.64. The van der Waals surface area contributed by atoms with E-state index in [0.717, 1.165) is 30.2 Å². The van der Waals surface area contributed by atoms with E-state index in [9.17, 15) is 0 Å². The number of nitrogens with zero attached hydrogens (tertiary/aromatic N) is 2. The topological polar surface area (TPSA) is 45.6 Å². The van der Waals surface area contributed by atoms with Crippen LogP contribution in [-0.4, -0.2) is 35.4 Å². The average Bonchev–Trinajstić information content (AvgIpc) is 2.27. The van der Waals surface area contributed by atoms with Gasteiger partial charge in [-0.3, -0.25) is 0 Å². The highest BCUT2D eigenvalue weighted by atomic mass is 16.5. The van der Waals surface area contributed by atoms with Crippen LogP contribution in [0, 0.1) is 6.92 Å². The van der Waals surface area contributed by atoms with Crippen molar-refractivity contribution in [2.45, 2.75) is 39.6 Å². The highest BCUT2D eigenvalue weighted by molar-refractivity contribution is 5.42. The summed E-state index contributed by atoms with van der Waals surface area (Å²) < 4.78 is 5.70. The minimum Gasteiger partial charge on any atom is -0.392 e. The van der Waals surface area contributed by atoms with Crippen LogP contribution in [0.15, 0.2) is 12.1 Å². The van der Waals surface area contributed by atoms with E-state index in [-0.39, 0.29) is 18.8 Å². The second-order valence-electron chi connectivity index (χ2n) is 4.73. The molecule has 0 radical (unpaired) electrons. The van der Waals surface area contributed by atoms with E-state index < -0.39 is 0 Å². The Labute approximate surface area is 102 Å². The number of hydrogen-bond acceptors (Lipinski definition) is 4. The molecule has 2 rings (SSSR count). The zero-order valence-electron chi connectivity index (χ0n) is 10.7. The van der Waals surface area contributed by atoms with Gasteiger partial charge in [-0.2, -0.15) is 0 Å². The van der Waals surface area contributed by atoms with Crippen LogP contribution in [0.5, 0.6) is 0 Å². The maximum Gasteiger partial charge on any atom is 0.128 e. The number of hydrogen-bond donors (Lipinski definition) is 1. The minimum atomic E-state index is 0.0506. The maximum atomic E-state index is 9.13. The molecule has 0 amide bonds. The Hall–Kier alpha value is -1.13. The summed E-state index contributed by atoms with van der Waals surface area (Å²) in [5.41, 5.74) is 1.79. The van der Waals surface area contributed by atoms with Crippen LogP contribution < -0.4 is 4.90 Å². The van der Waals surface area contributed by atoms with E-state index in [0.29, 0.717) is 0 Å². The van der Waals surface area contributed by atoms with Crippen molar-refractivity contribution in [1.29, 1.82) is 0 Å². The van der Waals surface area contributed by atoms with Gasteiger partial charge in [0, 0.05) is 18.8 Å². The lowest BCUT2D eigenvalue weighted by atomic mass is 10.2. The number of aliphatic hydroxyl groups excluding tert-OH is 1. The molecule has 1 aromatic heterocycles. The van der Waals surface area contributed by atoms with E-state index in [1.165, 1.54) is 0 Å². The molecular weight excluding hydrogens is 216 g/mol. The molecule has 1 aliphatic rings. The molecule has 1 N–H and O–H groups in total. The number of aliphatic hydroxyl groups is 1. The quantitative estimate of drug-likeness (QED) is 0.845. The van der Waals surface area contributed by atoms with E-state index in [1.54, 1.807) is 0 Å². The molecule has 0 spiro atoms. The first-order valence-corrected chi connectivity index (χ1v) is 6.08. The van der Waals surface area contributed by atoms with Gasteiger partial charge in [-0.15, -0.1) is 0 Å². The zero-order chi connectivity index (χ0) is 12.4. The van der Waals surface area contributed by atoms with Gasteiger partial charge in [0.05, 0.1) is 18.8 Å². The van der Waals surface area contributed by atoms with Gasteiger partial charge in [0.2, 0.25) is 0 Å². The number of aromatic nitrogens is 1. The van der Waals surface area contributed by atoms with Crippen molar-refractivity contribution in [2.24, 2.45) is 0 Å². The fourth-order valence-electron chi connectivity index (χ4n) is 2.28. The predicted molar refractivity (Wildman–Crippen MR) is 67.1 cm³/mol. The van der Waals surface area contributed by atoms with Gasteiger partial charge in [-0.25, -0.2) is 4.98 Å². The SMILES string of the molecule is Cc1nc(N2CC(C)OC(C)C2)ccc1CO. The Morgan fingerprint density at radius 3 is 2.53 bits per heavy atom. The lowest BCUT2D eigenvalue weighted by molar-refractivity contribution is -0.00547. The summed E-state index contributed by atoms with van der Waals surface area (Å²) in [6, 6.07) is 3.92. The third kappa shape index (κ3) is 2.76. The first kappa shape index (κ1) is 12.3. The maximum absolute atomic E-state index is 9.13. The zero-order valence-corrected chi connectivity index (χ0v) is 10.7. The van der Waals surface area contributed by atoms with Crippen LogP contribution in [0.25, 0.3) is 0 Å². The minimum absolute atomic E-state index is 0.0506. The Balaban J connectivity index is 2.19. The molecule has 0 saturated carbocycles. The second-order valence-corrected chi connectivity index (χ2v) is 4.73. The molecule has 2 atom stereocenters. The van der Waals surface area contributed by atoms with Crippen LogP contribution in [0.4, 0.5) is 5.82 Å². The summed E-state index contributed by atoms with van der Waals surface area (Å²) >= 11 is 0. The lowest BCUT2D eigenvalue weighted by Crippen LogP contribution is -2.45. The van der Waals surface area contributed by atoms with Crippen LogP contribution in [0.3, 0.4) is 0 Å². The highest BCUT2D eigenvalue weighted by Gasteiger charge is 2.23. The van der Waals surface area contributed by atoms with E-state index in [2.05, 4.69) is 23.7 Å². The largest absolute Gasteiger partial charge is 0.392 e. The molecule has 0 bridgehead atoms. The van der Waals surface area contributed by atoms with Crippen LogP contribution in [0.2, 0.25) is 0 Å². The van der Waals surface area contributed by atoms with Crippen molar-refractivity contribution in [3.05, 3.63) is 23.4 Å². The molecular formula is C13H20N2O2. The van der Waals surface area contributed by atoms with Gasteiger partial charge in [-0.05, 0) is 32.4 Å². The van der Waals surface area contributed by atoms with Gasteiger partial charge in [0.15, 0.2) is 0 Å². The molecule has 0 aliphatic carbocycles. The molecule has 0 aromatic carbocycles. The van der Waals surface area contributed by atoms with Gasteiger partial charge >= 0.3 is 0 Å². The van der Waals surface area contributed by atoms with Crippen molar-refractivity contribution in [2.75, 3.05) is 18.0 Å². The number of ether oxygens (including phenoxy) is 1. The number of morpholine rings is 1. The summed E-state index contributed by atoms with van der Waals surface area (Å²) in [6.45, 7) is 7.89. The molecule has 94 valence electrons. The Bertz CT molecular complexity index is 385. The van der Waals surface area contributed by atoms with Crippen molar-refractivity contribution in [3.63, 3.8) is 0 Å². The summed E-state index contributed by atoms with van der Waals surface area (Å²) in [7, 11) is 0. The van der Waals surface area contributed by atoms with Crippen LogP contribution in [0.1, 0.15) is 25.1 Å². The number of aryl methyl sites for hydroxylation is 1. The number of anilines is 1. The first-order valence-electron chi connectivity index (χ1n) is 6.08. The summed E-state index contributed by atoms with van der Waals surface area (Å²) in [5, 5.41) is 9.13. The third-order valence-electron chi connectivity index (χ3n) is 3.09. The fraction of sp³-hybridized carbons (Fsp3) is 0.615. The van der Waals surface area contributed by atoms with E-state index in [1.807, 2.05) is 19.1 Å². The van der Waals surface area contributed by atoms with Gasteiger partial charge < -0.3 is 14.7 Å². The number of rotatable bonds is 2. The molecule has 4 heteroatoms. The van der Waals surface area contributed by atoms with Crippen molar-refractivity contribution < 1.29 is 9.84 Å². The summed E-state index contributed by atoms with van der Waals surface area (Å²) in [6.07, 6.45) is 0.469. The standard InChI is InChI=1S/C13H20N2O2/c1-9-6-15(7-10(2)17-9)13-5-4-12(8-16)11(3)14-13/h4-5,9-10,16H,6-8H2,1-3H3. The Morgan fingerprint density at radius 1 is 1.35 bits per heavy atom. The van der Waals surface area contributed by atoms with Crippen molar-refractivity contribution in [1.82, 2.24) is 4.98 Å². The fourth-order valence-corrected chi connectivity index (χ4v) is 2.28. The molecule has 2 unspecified atom stereocenters. The normalized spacial score (nSPS) is 25.1. The monoisotopic (exact) mass is 236 g/mol. The summed E-state index contributed by atoms with van der Waals surface area (Å²) in [5.74, 6) is 0.974. The highest BCUT2D eigenvalue weighted by Crippen LogP contribution is 2.20. The van der Waals surface area contributed by atoms with Crippen molar-refractivity contribution >= 4 is 5.82 Å². The third-order valence-corrected chi connectivity index (χ3v) is 3.09. The van der Waals surface area contributed by atoms with E-state index >= 15 is 0 Å². The first-order chi connectivity index (χ1) is 8.10. The van der Waals surface area contributed by atoms with Crippen molar-refractivity contribution in [3.8, 4) is 0 Å². The van der Waals surface area contributed by atoms with Crippen LogP contribution in [-0.2, 0) is 11.3 Å². The molecule has 2 heterocycles. The summed E-state index contributed by atoms with van der Waals surface area (Å²) in [4.78, 5) is 6.79. The molecule has 17 heavy (non-hydrogen) atoms. The second kappa shape index (κ2) is 5.02.